The number of hydrogen-bond donors (Lipinski definition) is 2. The number of aromatic nitrogens is 1. The molecule has 0 saturated heterocycles. The molecule has 1 aromatic heterocycles. The predicted octanol–water partition coefficient (Wildman–Crippen LogP) is 3.32. The maximum absolute atomic E-state index is 13.6. The van der Waals surface area contributed by atoms with Crippen molar-refractivity contribution in [3.63, 3.8) is 0 Å². The minimum Gasteiger partial charge on any atom is -0.477 e. The quantitative estimate of drug-likeness (QED) is 0.686. The molecule has 0 unspecified atom stereocenters. The highest BCUT2D eigenvalue weighted by Gasteiger charge is 2.45. The molecule has 0 spiro atoms. The maximum atomic E-state index is 13.6. The second kappa shape index (κ2) is 9.02. The minimum atomic E-state index is -0.667. The number of amides is 2. The van der Waals surface area contributed by atoms with Crippen LogP contribution in [-0.4, -0.2) is 40.4 Å². The molecule has 0 bridgehead atoms. The van der Waals surface area contributed by atoms with Crippen LogP contribution in [0.15, 0.2) is 18.2 Å². The first-order valence-corrected chi connectivity index (χ1v) is 12.2. The number of carbonyl (C=O) groups is 2. The van der Waals surface area contributed by atoms with Crippen LogP contribution < -0.4 is 10.1 Å². The number of aromatic amines is 1. The van der Waals surface area contributed by atoms with E-state index in [0.717, 1.165) is 54.3 Å². The van der Waals surface area contributed by atoms with E-state index in [1.807, 2.05) is 29.2 Å². The Morgan fingerprint density at radius 1 is 1.24 bits per heavy atom. The highest BCUT2D eigenvalue weighted by atomic mass is 16.5. The van der Waals surface area contributed by atoms with Crippen LogP contribution in [0.1, 0.15) is 56.2 Å². The number of benzene rings is 1. The Bertz CT molecular complexity index is 1200. The topological polar surface area (TPSA) is 122 Å². The van der Waals surface area contributed by atoms with Crippen LogP contribution in [0.4, 0.5) is 0 Å². The summed E-state index contributed by atoms with van der Waals surface area (Å²) in [4.78, 5) is 31.7. The summed E-state index contributed by atoms with van der Waals surface area (Å²) in [6.45, 7) is 1.16. The first kappa shape index (κ1) is 22.3. The third-order valence-corrected chi connectivity index (χ3v) is 7.59. The third kappa shape index (κ3) is 4.21. The van der Waals surface area contributed by atoms with Crippen molar-refractivity contribution in [1.29, 1.82) is 10.5 Å². The summed E-state index contributed by atoms with van der Waals surface area (Å²) in [5, 5.41) is 22.0. The Labute approximate surface area is 198 Å². The van der Waals surface area contributed by atoms with Gasteiger partial charge in [-0.3, -0.25) is 9.59 Å². The van der Waals surface area contributed by atoms with Crippen LogP contribution in [0, 0.1) is 34.5 Å². The fourth-order valence-electron chi connectivity index (χ4n) is 5.59. The van der Waals surface area contributed by atoms with Gasteiger partial charge in [0.2, 0.25) is 11.8 Å². The van der Waals surface area contributed by atoms with Crippen LogP contribution in [0.2, 0.25) is 0 Å². The highest BCUT2D eigenvalue weighted by molar-refractivity contribution is 5.90. The molecule has 2 aromatic rings. The van der Waals surface area contributed by atoms with E-state index in [-0.39, 0.29) is 30.3 Å². The smallest absolute Gasteiger partial charge is 0.226 e. The van der Waals surface area contributed by atoms with Crippen LogP contribution in [0.5, 0.6) is 5.75 Å². The summed E-state index contributed by atoms with van der Waals surface area (Å²) >= 11 is 0. The summed E-state index contributed by atoms with van der Waals surface area (Å²) in [5.41, 5.74) is 2.42. The zero-order chi connectivity index (χ0) is 23.7. The molecule has 2 saturated carbocycles. The standard InChI is InChI=1S/C26H29N5O3/c27-11-13-34-22-7-3-6-19-20-15-31(12-8-21(20)29-24(19)22)25(33)18-5-2-1-4-17(18)14-23(32)30-26(16-28)9-10-26/h3,6-7,17-18,29H,1-2,4-5,8-10,12-15H2,(H,30,32)/t17-,18-/m1/s1. The fraction of sp³-hybridized carbons (Fsp3) is 0.538. The number of nitrogens with one attached hydrogen (secondary N) is 2. The van der Waals surface area contributed by atoms with Gasteiger partial charge >= 0.3 is 0 Å². The van der Waals surface area contributed by atoms with Crippen molar-refractivity contribution in [2.24, 2.45) is 11.8 Å². The molecule has 34 heavy (non-hydrogen) atoms. The average molecular weight is 460 g/mol. The van der Waals surface area contributed by atoms with Crippen LogP contribution >= 0.6 is 0 Å². The second-order valence-corrected chi connectivity index (χ2v) is 9.81. The highest BCUT2D eigenvalue weighted by Crippen LogP contribution is 2.38. The molecule has 2 fully saturated rings. The van der Waals surface area contributed by atoms with Gasteiger partial charge in [-0.1, -0.05) is 25.0 Å². The largest absolute Gasteiger partial charge is 0.477 e. The van der Waals surface area contributed by atoms with Gasteiger partial charge in [-0.15, -0.1) is 0 Å². The van der Waals surface area contributed by atoms with Gasteiger partial charge in [-0.2, -0.15) is 10.5 Å². The molecular weight excluding hydrogens is 430 g/mol. The van der Waals surface area contributed by atoms with Crippen molar-refractivity contribution in [3.8, 4) is 17.9 Å². The van der Waals surface area contributed by atoms with E-state index < -0.39 is 5.54 Å². The van der Waals surface area contributed by atoms with Crippen molar-refractivity contribution in [3.05, 3.63) is 29.5 Å². The Balaban J connectivity index is 1.30. The number of nitrogens with zero attached hydrogens (tertiary/aromatic N) is 3. The Morgan fingerprint density at radius 2 is 2.06 bits per heavy atom. The van der Waals surface area contributed by atoms with E-state index in [1.54, 1.807) is 0 Å². The molecule has 2 heterocycles. The predicted molar refractivity (Wildman–Crippen MR) is 124 cm³/mol. The van der Waals surface area contributed by atoms with Gasteiger partial charge in [0, 0.05) is 48.5 Å². The average Bonchev–Trinajstić information content (AvgIpc) is 3.52. The van der Waals surface area contributed by atoms with Gasteiger partial charge in [0.1, 0.15) is 17.4 Å². The Kier molecular flexibility index (Phi) is 5.91. The van der Waals surface area contributed by atoms with E-state index in [1.165, 1.54) is 0 Å². The van der Waals surface area contributed by atoms with Gasteiger partial charge in [0.15, 0.2) is 6.61 Å². The lowest BCUT2D eigenvalue weighted by molar-refractivity contribution is -0.140. The van der Waals surface area contributed by atoms with Crippen molar-refractivity contribution in [2.75, 3.05) is 13.2 Å². The molecule has 0 radical (unpaired) electrons. The molecule has 3 aliphatic rings. The number of nitriles is 2. The molecule has 2 amide bonds. The molecule has 176 valence electrons. The lowest BCUT2D eigenvalue weighted by Gasteiger charge is -2.36. The Morgan fingerprint density at radius 3 is 2.82 bits per heavy atom. The summed E-state index contributed by atoms with van der Waals surface area (Å²) in [7, 11) is 0. The number of para-hydroxylation sites is 1. The second-order valence-electron chi connectivity index (χ2n) is 9.81. The lowest BCUT2D eigenvalue weighted by Crippen LogP contribution is -2.44. The molecule has 2 aliphatic carbocycles. The van der Waals surface area contributed by atoms with Gasteiger partial charge in [0.25, 0.3) is 0 Å². The molecule has 1 aromatic carbocycles. The molecule has 1 aliphatic heterocycles. The van der Waals surface area contributed by atoms with Crippen molar-refractivity contribution < 1.29 is 14.3 Å². The lowest BCUT2D eigenvalue weighted by atomic mass is 9.76. The van der Waals surface area contributed by atoms with E-state index >= 15 is 0 Å². The van der Waals surface area contributed by atoms with E-state index in [4.69, 9.17) is 10.00 Å². The zero-order valence-corrected chi connectivity index (χ0v) is 19.2. The zero-order valence-electron chi connectivity index (χ0n) is 19.2. The van der Waals surface area contributed by atoms with Gasteiger partial charge < -0.3 is 19.9 Å². The Hall–Kier alpha value is -3.52. The fourth-order valence-corrected chi connectivity index (χ4v) is 5.59. The third-order valence-electron chi connectivity index (χ3n) is 7.59. The van der Waals surface area contributed by atoms with E-state index in [0.29, 0.717) is 38.1 Å². The first-order valence-electron chi connectivity index (χ1n) is 12.2. The van der Waals surface area contributed by atoms with Crippen molar-refractivity contribution in [2.45, 2.75) is 63.5 Å². The first-order chi connectivity index (χ1) is 16.5. The number of fused-ring (bicyclic) bond motifs is 3. The van der Waals surface area contributed by atoms with E-state index in [9.17, 15) is 14.9 Å². The molecular formula is C26H29N5O3. The minimum absolute atomic E-state index is 0.0143. The molecule has 2 atom stereocenters. The van der Waals surface area contributed by atoms with Gasteiger partial charge in [-0.25, -0.2) is 0 Å². The van der Waals surface area contributed by atoms with Crippen LogP contribution in [0.25, 0.3) is 10.9 Å². The number of H-pyrrole nitrogens is 1. The van der Waals surface area contributed by atoms with Gasteiger partial charge in [0.05, 0.1) is 11.6 Å². The van der Waals surface area contributed by atoms with Crippen LogP contribution in [0.3, 0.4) is 0 Å². The number of ether oxygens (including phenoxy) is 1. The molecule has 8 heteroatoms. The number of hydrogen-bond acceptors (Lipinski definition) is 5. The SMILES string of the molecule is N#CCOc1cccc2c3c([nH]c12)CCN(C(=O)[C@@H]1CCCC[C@@H]1CC(=O)NC1(C#N)CC1)C3. The number of rotatable bonds is 6. The van der Waals surface area contributed by atoms with E-state index in [2.05, 4.69) is 16.4 Å². The van der Waals surface area contributed by atoms with Gasteiger partial charge in [-0.05, 0) is 37.7 Å². The van der Waals surface area contributed by atoms with Crippen molar-refractivity contribution >= 4 is 22.7 Å². The normalized spacial score (nSPS) is 22.8. The molecule has 2 N–H and O–H groups in total. The monoisotopic (exact) mass is 459 g/mol. The summed E-state index contributed by atoms with van der Waals surface area (Å²) in [6.07, 6.45) is 6.18. The summed E-state index contributed by atoms with van der Waals surface area (Å²) in [5.74, 6) is 0.543. The molecule has 5 rings (SSSR count). The summed E-state index contributed by atoms with van der Waals surface area (Å²) in [6, 6.07) is 9.99. The van der Waals surface area contributed by atoms with Crippen LogP contribution in [-0.2, 0) is 22.6 Å². The summed E-state index contributed by atoms with van der Waals surface area (Å²) < 4.78 is 5.58. The maximum Gasteiger partial charge on any atom is 0.226 e. The molecule has 8 nitrogen and oxygen atoms in total. The number of carbonyl (C=O) groups excluding carboxylic acids is 2. The van der Waals surface area contributed by atoms with Crippen molar-refractivity contribution in [1.82, 2.24) is 15.2 Å².